The van der Waals surface area contributed by atoms with Crippen molar-refractivity contribution in [2.75, 3.05) is 6.61 Å². The molecule has 0 bridgehead atoms. The van der Waals surface area contributed by atoms with Crippen LogP contribution in [0.3, 0.4) is 0 Å². The maximum absolute atomic E-state index is 12.6. The average molecular weight is 355 g/mol. The highest BCUT2D eigenvalue weighted by Gasteiger charge is 2.27. The highest BCUT2D eigenvalue weighted by molar-refractivity contribution is 5.91. The lowest BCUT2D eigenvalue weighted by atomic mass is 10.0. The highest BCUT2D eigenvalue weighted by atomic mass is 16.5. The normalized spacial score (nSPS) is 11.1. The number of esters is 1. The molecule has 2 rings (SSSR count). The van der Waals surface area contributed by atoms with Crippen LogP contribution >= 0.6 is 0 Å². The van der Waals surface area contributed by atoms with Gasteiger partial charge < -0.3 is 14.7 Å². The summed E-state index contributed by atoms with van der Waals surface area (Å²) in [6.45, 7) is 5.89. The van der Waals surface area contributed by atoms with Crippen LogP contribution in [0.1, 0.15) is 42.3 Å². The van der Waals surface area contributed by atoms with Gasteiger partial charge in [0.1, 0.15) is 0 Å². The van der Waals surface area contributed by atoms with E-state index in [1.54, 1.807) is 29.2 Å². The van der Waals surface area contributed by atoms with Gasteiger partial charge in [-0.25, -0.2) is 4.79 Å². The number of ether oxygens (including phenoxy) is 1. The molecular formula is C21H25NO4. The molecule has 0 spiro atoms. The van der Waals surface area contributed by atoms with Crippen LogP contribution in [0.4, 0.5) is 0 Å². The number of hydrogen-bond acceptors (Lipinski definition) is 4. The fraction of sp³-hybridized carbons (Fsp3) is 0.333. The van der Waals surface area contributed by atoms with Gasteiger partial charge in [0.2, 0.25) is 0 Å². The summed E-state index contributed by atoms with van der Waals surface area (Å²) in [4.78, 5) is 26.5. The predicted octanol–water partition coefficient (Wildman–Crippen LogP) is 3.16. The van der Waals surface area contributed by atoms with Gasteiger partial charge in [-0.15, -0.1) is 0 Å². The van der Waals surface area contributed by atoms with Gasteiger partial charge in [-0.1, -0.05) is 42.5 Å². The first-order valence-electron chi connectivity index (χ1n) is 8.52. The Labute approximate surface area is 154 Å². The average Bonchev–Trinajstić information content (AvgIpc) is 2.64. The lowest BCUT2D eigenvalue weighted by Gasteiger charge is -2.35. The third-order valence-corrected chi connectivity index (χ3v) is 3.99. The molecule has 2 aromatic carbocycles. The van der Waals surface area contributed by atoms with Crippen LogP contribution in [0.5, 0.6) is 0 Å². The molecule has 2 aromatic rings. The van der Waals surface area contributed by atoms with Gasteiger partial charge in [0.15, 0.2) is 6.61 Å². The Balaban J connectivity index is 2.01. The molecule has 0 aliphatic carbocycles. The molecule has 0 atom stereocenters. The van der Waals surface area contributed by atoms with Gasteiger partial charge in [0.05, 0.1) is 12.2 Å². The monoisotopic (exact) mass is 355 g/mol. The third kappa shape index (κ3) is 5.43. The molecule has 138 valence electrons. The van der Waals surface area contributed by atoms with Crippen molar-refractivity contribution in [3.63, 3.8) is 0 Å². The molecule has 5 heteroatoms. The van der Waals surface area contributed by atoms with Crippen LogP contribution < -0.4 is 0 Å². The second kappa shape index (κ2) is 8.63. The molecule has 1 amide bonds. The molecule has 1 N–H and O–H groups in total. The van der Waals surface area contributed by atoms with E-state index in [2.05, 4.69) is 0 Å². The van der Waals surface area contributed by atoms with Crippen LogP contribution in [-0.4, -0.2) is 34.0 Å². The minimum Gasteiger partial charge on any atom is -0.452 e. The Morgan fingerprint density at radius 1 is 0.962 bits per heavy atom. The summed E-state index contributed by atoms with van der Waals surface area (Å²) in [5, 5.41) is 9.04. The first-order valence-corrected chi connectivity index (χ1v) is 8.52. The quantitative estimate of drug-likeness (QED) is 0.808. The number of aliphatic hydroxyl groups is 1. The topological polar surface area (TPSA) is 66.8 Å². The minimum atomic E-state index is -0.559. The van der Waals surface area contributed by atoms with E-state index in [1.807, 2.05) is 51.1 Å². The summed E-state index contributed by atoms with van der Waals surface area (Å²) in [6.07, 6.45) is 0. The summed E-state index contributed by atoms with van der Waals surface area (Å²) in [5.74, 6) is -0.807. The van der Waals surface area contributed by atoms with E-state index in [4.69, 9.17) is 9.84 Å². The molecular weight excluding hydrogens is 330 g/mol. The molecule has 0 aliphatic rings. The SMILES string of the molecule is CC(C)(C)N(Cc1ccccc1)C(=O)COC(=O)c1ccc(CO)cc1. The minimum absolute atomic E-state index is 0.0894. The van der Waals surface area contributed by atoms with Crippen molar-refractivity contribution in [3.05, 3.63) is 71.3 Å². The number of nitrogens with zero attached hydrogens (tertiary/aromatic N) is 1. The van der Waals surface area contributed by atoms with Crippen LogP contribution in [0.2, 0.25) is 0 Å². The zero-order valence-corrected chi connectivity index (χ0v) is 15.4. The van der Waals surface area contributed by atoms with Crippen molar-refractivity contribution in [2.24, 2.45) is 0 Å². The first kappa shape index (κ1) is 19.7. The van der Waals surface area contributed by atoms with Gasteiger partial charge in [0.25, 0.3) is 5.91 Å². The first-order chi connectivity index (χ1) is 12.3. The van der Waals surface area contributed by atoms with Crippen molar-refractivity contribution in [1.29, 1.82) is 0 Å². The summed E-state index contributed by atoms with van der Waals surface area (Å²) < 4.78 is 5.18. The summed E-state index contributed by atoms with van der Waals surface area (Å²) in [6, 6.07) is 16.1. The Hall–Kier alpha value is -2.66. The molecule has 0 aromatic heterocycles. The largest absolute Gasteiger partial charge is 0.452 e. The number of benzene rings is 2. The predicted molar refractivity (Wildman–Crippen MR) is 99.4 cm³/mol. The summed E-state index contributed by atoms with van der Waals surface area (Å²) in [7, 11) is 0. The van der Waals surface area contributed by atoms with E-state index >= 15 is 0 Å². The van der Waals surface area contributed by atoms with Gasteiger partial charge in [-0.3, -0.25) is 4.79 Å². The fourth-order valence-electron chi connectivity index (χ4n) is 2.50. The van der Waals surface area contributed by atoms with E-state index in [0.29, 0.717) is 17.7 Å². The zero-order valence-electron chi connectivity index (χ0n) is 15.4. The fourth-order valence-corrected chi connectivity index (χ4v) is 2.50. The zero-order chi connectivity index (χ0) is 19.2. The molecule has 0 radical (unpaired) electrons. The Morgan fingerprint density at radius 2 is 1.58 bits per heavy atom. The van der Waals surface area contributed by atoms with E-state index in [9.17, 15) is 9.59 Å². The number of carbonyl (C=O) groups excluding carboxylic acids is 2. The van der Waals surface area contributed by atoms with Crippen molar-refractivity contribution in [3.8, 4) is 0 Å². The van der Waals surface area contributed by atoms with E-state index < -0.39 is 11.5 Å². The van der Waals surface area contributed by atoms with Crippen molar-refractivity contribution in [2.45, 2.75) is 39.5 Å². The van der Waals surface area contributed by atoms with Crippen LogP contribution in [0, 0.1) is 0 Å². The maximum atomic E-state index is 12.6. The number of amides is 1. The molecule has 26 heavy (non-hydrogen) atoms. The standard InChI is InChI=1S/C21H25NO4/c1-21(2,3)22(13-16-7-5-4-6-8-16)19(24)15-26-20(25)18-11-9-17(14-23)10-12-18/h4-12,23H,13-15H2,1-3H3. The lowest BCUT2D eigenvalue weighted by molar-refractivity contribution is -0.140. The Morgan fingerprint density at radius 3 is 2.12 bits per heavy atom. The molecule has 0 fully saturated rings. The number of carbonyl (C=O) groups is 2. The number of hydrogen-bond donors (Lipinski definition) is 1. The summed E-state index contributed by atoms with van der Waals surface area (Å²) >= 11 is 0. The molecule has 0 saturated heterocycles. The third-order valence-electron chi connectivity index (χ3n) is 3.99. The molecule has 5 nitrogen and oxygen atoms in total. The van der Waals surface area contributed by atoms with Crippen molar-refractivity contribution in [1.82, 2.24) is 4.90 Å². The van der Waals surface area contributed by atoms with Gasteiger partial charge >= 0.3 is 5.97 Å². The Kier molecular flexibility index (Phi) is 6.52. The Bertz CT molecular complexity index is 733. The van der Waals surface area contributed by atoms with Crippen molar-refractivity contribution >= 4 is 11.9 Å². The van der Waals surface area contributed by atoms with Gasteiger partial charge in [-0.05, 0) is 44.0 Å². The van der Waals surface area contributed by atoms with Crippen molar-refractivity contribution < 1.29 is 19.4 Å². The van der Waals surface area contributed by atoms with Crippen LogP contribution in [0.15, 0.2) is 54.6 Å². The molecule has 0 heterocycles. The second-order valence-electron chi connectivity index (χ2n) is 7.07. The maximum Gasteiger partial charge on any atom is 0.338 e. The van der Waals surface area contributed by atoms with Crippen LogP contribution in [0.25, 0.3) is 0 Å². The number of aliphatic hydroxyl groups excluding tert-OH is 1. The van der Waals surface area contributed by atoms with Gasteiger partial charge in [0, 0.05) is 12.1 Å². The molecule has 0 saturated carbocycles. The smallest absolute Gasteiger partial charge is 0.338 e. The summed E-state index contributed by atoms with van der Waals surface area (Å²) in [5.41, 5.74) is 1.67. The molecule has 0 aliphatic heterocycles. The second-order valence-corrected chi connectivity index (χ2v) is 7.07. The lowest BCUT2D eigenvalue weighted by Crippen LogP contribution is -2.46. The van der Waals surface area contributed by atoms with Crippen LogP contribution in [-0.2, 0) is 22.7 Å². The van der Waals surface area contributed by atoms with Gasteiger partial charge in [-0.2, -0.15) is 0 Å². The highest BCUT2D eigenvalue weighted by Crippen LogP contribution is 2.18. The number of rotatable bonds is 6. The molecule has 0 unspecified atom stereocenters. The van der Waals surface area contributed by atoms with E-state index in [1.165, 1.54) is 0 Å². The van der Waals surface area contributed by atoms with E-state index in [-0.39, 0.29) is 19.1 Å². The van der Waals surface area contributed by atoms with E-state index in [0.717, 1.165) is 5.56 Å².